The summed E-state index contributed by atoms with van der Waals surface area (Å²) >= 11 is 0. The molecule has 1 aromatic heterocycles. The third-order valence-electron chi connectivity index (χ3n) is 1.95. The highest BCUT2D eigenvalue weighted by Crippen LogP contribution is 2.23. The standard InChI is InChI=1S/C10H9FN2O/c11-9-3-1-2-7(4-9)10-8(5-12)6-13-14-10/h1-4,6H,5,12H2. The van der Waals surface area contributed by atoms with Gasteiger partial charge in [0.15, 0.2) is 5.76 Å². The summed E-state index contributed by atoms with van der Waals surface area (Å²) in [6.45, 7) is 0.329. The molecule has 0 aliphatic heterocycles. The van der Waals surface area contributed by atoms with Gasteiger partial charge in [-0.1, -0.05) is 17.3 Å². The number of benzene rings is 1. The zero-order chi connectivity index (χ0) is 9.97. The summed E-state index contributed by atoms with van der Waals surface area (Å²) in [7, 11) is 0. The Morgan fingerprint density at radius 2 is 2.29 bits per heavy atom. The Bertz CT molecular complexity index is 439. The number of hydrogen-bond acceptors (Lipinski definition) is 3. The molecule has 1 aromatic carbocycles. The summed E-state index contributed by atoms with van der Waals surface area (Å²) in [5.41, 5.74) is 6.91. The van der Waals surface area contributed by atoms with Crippen LogP contribution in [0.25, 0.3) is 11.3 Å². The van der Waals surface area contributed by atoms with Crippen molar-refractivity contribution in [2.45, 2.75) is 6.54 Å². The second-order valence-electron chi connectivity index (χ2n) is 2.89. The minimum Gasteiger partial charge on any atom is -0.356 e. The van der Waals surface area contributed by atoms with Crippen LogP contribution in [-0.4, -0.2) is 5.16 Å². The Kier molecular flexibility index (Phi) is 2.28. The van der Waals surface area contributed by atoms with E-state index in [-0.39, 0.29) is 5.82 Å². The van der Waals surface area contributed by atoms with Crippen molar-refractivity contribution in [2.75, 3.05) is 0 Å². The SMILES string of the molecule is NCc1cnoc1-c1cccc(F)c1. The molecular formula is C10H9FN2O. The van der Waals surface area contributed by atoms with Crippen LogP contribution in [0.3, 0.4) is 0 Å². The number of hydrogen-bond donors (Lipinski definition) is 1. The summed E-state index contributed by atoms with van der Waals surface area (Å²) in [5.74, 6) is 0.230. The first-order valence-electron chi connectivity index (χ1n) is 4.21. The normalized spacial score (nSPS) is 10.4. The van der Waals surface area contributed by atoms with E-state index in [1.807, 2.05) is 0 Å². The first kappa shape index (κ1) is 8.90. The van der Waals surface area contributed by atoms with Gasteiger partial charge in [0, 0.05) is 17.7 Å². The van der Waals surface area contributed by atoms with Crippen molar-refractivity contribution in [2.24, 2.45) is 5.73 Å². The van der Waals surface area contributed by atoms with Crippen LogP contribution in [0.4, 0.5) is 4.39 Å². The Hall–Kier alpha value is -1.68. The largest absolute Gasteiger partial charge is 0.356 e. The number of halogens is 1. The summed E-state index contributed by atoms with van der Waals surface area (Å²) in [6, 6.07) is 6.14. The van der Waals surface area contributed by atoms with Crippen molar-refractivity contribution < 1.29 is 8.91 Å². The molecule has 0 bridgehead atoms. The van der Waals surface area contributed by atoms with E-state index in [0.717, 1.165) is 5.56 Å². The molecule has 0 unspecified atom stereocenters. The summed E-state index contributed by atoms with van der Waals surface area (Å²) in [6.07, 6.45) is 1.54. The molecule has 0 amide bonds. The van der Waals surface area contributed by atoms with Crippen LogP contribution in [0.15, 0.2) is 35.0 Å². The lowest BCUT2D eigenvalue weighted by molar-refractivity contribution is 0.431. The number of nitrogens with zero attached hydrogens (tertiary/aromatic N) is 1. The molecule has 0 saturated carbocycles. The van der Waals surface area contributed by atoms with E-state index >= 15 is 0 Å². The molecule has 0 atom stereocenters. The van der Waals surface area contributed by atoms with Crippen molar-refractivity contribution >= 4 is 0 Å². The van der Waals surface area contributed by atoms with Gasteiger partial charge >= 0.3 is 0 Å². The number of aromatic nitrogens is 1. The third kappa shape index (κ3) is 1.52. The van der Waals surface area contributed by atoms with Gasteiger partial charge in [-0.05, 0) is 12.1 Å². The summed E-state index contributed by atoms with van der Waals surface area (Å²) in [4.78, 5) is 0. The molecular weight excluding hydrogens is 183 g/mol. The zero-order valence-electron chi connectivity index (χ0n) is 7.40. The predicted octanol–water partition coefficient (Wildman–Crippen LogP) is 1.94. The molecule has 4 heteroatoms. The van der Waals surface area contributed by atoms with Crippen molar-refractivity contribution in [3.63, 3.8) is 0 Å². The van der Waals surface area contributed by atoms with E-state index in [1.165, 1.54) is 12.1 Å². The zero-order valence-corrected chi connectivity index (χ0v) is 7.40. The third-order valence-corrected chi connectivity index (χ3v) is 1.95. The van der Waals surface area contributed by atoms with E-state index in [0.29, 0.717) is 17.9 Å². The molecule has 72 valence electrons. The first-order chi connectivity index (χ1) is 6.81. The molecule has 0 radical (unpaired) electrons. The van der Waals surface area contributed by atoms with Gasteiger partial charge in [0.25, 0.3) is 0 Å². The molecule has 0 saturated heterocycles. The predicted molar refractivity (Wildman–Crippen MR) is 49.8 cm³/mol. The number of rotatable bonds is 2. The highest BCUT2D eigenvalue weighted by Gasteiger charge is 2.09. The molecule has 0 spiro atoms. The van der Waals surface area contributed by atoms with Gasteiger partial charge in [-0.15, -0.1) is 0 Å². The van der Waals surface area contributed by atoms with Gasteiger partial charge in [0.2, 0.25) is 0 Å². The highest BCUT2D eigenvalue weighted by molar-refractivity contribution is 5.60. The second kappa shape index (κ2) is 3.59. The molecule has 3 nitrogen and oxygen atoms in total. The first-order valence-corrected chi connectivity index (χ1v) is 4.21. The Morgan fingerprint density at radius 3 is 3.00 bits per heavy atom. The van der Waals surface area contributed by atoms with Crippen LogP contribution >= 0.6 is 0 Å². The van der Waals surface area contributed by atoms with Crippen molar-refractivity contribution in [1.82, 2.24) is 5.16 Å². The second-order valence-corrected chi connectivity index (χ2v) is 2.89. The van der Waals surface area contributed by atoms with E-state index in [1.54, 1.807) is 18.3 Å². The van der Waals surface area contributed by atoms with Gasteiger partial charge in [-0.25, -0.2) is 4.39 Å². The van der Waals surface area contributed by atoms with E-state index < -0.39 is 0 Å². The fourth-order valence-corrected chi connectivity index (χ4v) is 1.27. The molecule has 1 heterocycles. The van der Waals surface area contributed by atoms with Crippen LogP contribution in [0.5, 0.6) is 0 Å². The van der Waals surface area contributed by atoms with E-state index in [2.05, 4.69) is 5.16 Å². The quantitative estimate of drug-likeness (QED) is 0.791. The highest BCUT2D eigenvalue weighted by atomic mass is 19.1. The Morgan fingerprint density at radius 1 is 1.43 bits per heavy atom. The van der Waals surface area contributed by atoms with Crippen LogP contribution in [-0.2, 0) is 6.54 Å². The van der Waals surface area contributed by atoms with Gasteiger partial charge in [-0.3, -0.25) is 0 Å². The Balaban J connectivity index is 2.49. The molecule has 0 aliphatic rings. The van der Waals surface area contributed by atoms with Gasteiger partial charge < -0.3 is 10.3 Å². The minimum atomic E-state index is -0.304. The number of nitrogens with two attached hydrogens (primary N) is 1. The van der Waals surface area contributed by atoms with Crippen LogP contribution in [0.1, 0.15) is 5.56 Å². The summed E-state index contributed by atoms with van der Waals surface area (Å²) < 4.78 is 17.9. The maximum absolute atomic E-state index is 12.9. The topological polar surface area (TPSA) is 52.0 Å². The van der Waals surface area contributed by atoms with Gasteiger partial charge in [0.05, 0.1) is 6.20 Å². The lowest BCUT2D eigenvalue weighted by Gasteiger charge is -1.98. The van der Waals surface area contributed by atoms with E-state index in [4.69, 9.17) is 10.3 Å². The van der Waals surface area contributed by atoms with Gasteiger partial charge in [-0.2, -0.15) is 0 Å². The van der Waals surface area contributed by atoms with Crippen LogP contribution in [0.2, 0.25) is 0 Å². The van der Waals surface area contributed by atoms with Gasteiger partial charge in [0.1, 0.15) is 5.82 Å². The molecule has 14 heavy (non-hydrogen) atoms. The Labute approximate surface area is 80.3 Å². The van der Waals surface area contributed by atoms with E-state index in [9.17, 15) is 4.39 Å². The van der Waals surface area contributed by atoms with Crippen LogP contribution in [0, 0.1) is 5.82 Å². The van der Waals surface area contributed by atoms with Crippen molar-refractivity contribution in [3.8, 4) is 11.3 Å². The maximum atomic E-state index is 12.9. The lowest BCUT2D eigenvalue weighted by atomic mass is 10.1. The molecule has 0 aliphatic carbocycles. The fraction of sp³-hybridized carbons (Fsp3) is 0.100. The smallest absolute Gasteiger partial charge is 0.171 e. The molecule has 2 rings (SSSR count). The molecule has 2 N–H and O–H groups in total. The fourth-order valence-electron chi connectivity index (χ4n) is 1.27. The summed E-state index contributed by atoms with van der Waals surface area (Å²) in [5, 5.41) is 3.62. The van der Waals surface area contributed by atoms with Crippen LogP contribution < -0.4 is 5.73 Å². The monoisotopic (exact) mass is 192 g/mol. The van der Waals surface area contributed by atoms with Crippen molar-refractivity contribution in [3.05, 3.63) is 41.8 Å². The minimum absolute atomic E-state index is 0.304. The lowest BCUT2D eigenvalue weighted by Crippen LogP contribution is -1.95. The average Bonchev–Trinajstić information content (AvgIpc) is 2.65. The van der Waals surface area contributed by atoms with Crippen molar-refractivity contribution in [1.29, 1.82) is 0 Å². The average molecular weight is 192 g/mol. The maximum Gasteiger partial charge on any atom is 0.171 e. The molecule has 0 fully saturated rings. The molecule has 2 aromatic rings.